The summed E-state index contributed by atoms with van der Waals surface area (Å²) in [6.07, 6.45) is 2.28. The first-order valence-electron chi connectivity index (χ1n) is 8.12. The highest BCUT2D eigenvalue weighted by Crippen LogP contribution is 2.23. The molecule has 0 aliphatic heterocycles. The zero-order chi connectivity index (χ0) is 17.8. The second kappa shape index (κ2) is 7.36. The third-order valence-electron chi connectivity index (χ3n) is 4.47. The molecule has 0 spiro atoms. The van der Waals surface area contributed by atoms with Crippen molar-refractivity contribution in [3.05, 3.63) is 64.7 Å². The fraction of sp³-hybridized carbons (Fsp3) is 0.263. The summed E-state index contributed by atoms with van der Waals surface area (Å²) in [5.41, 5.74) is 4.83. The largest absolute Gasteiger partial charge is 0.497 e. The minimum atomic E-state index is -0.517. The average molecular weight is 340 g/mol. The molecule has 0 heterocycles. The van der Waals surface area contributed by atoms with Crippen LogP contribution in [0.2, 0.25) is 0 Å². The lowest BCUT2D eigenvalue weighted by Crippen LogP contribution is -2.39. The van der Waals surface area contributed by atoms with Crippen LogP contribution in [0.15, 0.2) is 42.5 Å². The van der Waals surface area contributed by atoms with E-state index in [0.29, 0.717) is 23.3 Å². The van der Waals surface area contributed by atoms with Crippen LogP contribution in [0, 0.1) is 0 Å². The van der Waals surface area contributed by atoms with Crippen molar-refractivity contribution in [1.82, 2.24) is 10.8 Å². The van der Waals surface area contributed by atoms with Crippen molar-refractivity contribution in [1.29, 1.82) is 0 Å². The summed E-state index contributed by atoms with van der Waals surface area (Å²) < 4.78 is 5.15. The van der Waals surface area contributed by atoms with Crippen molar-refractivity contribution >= 4 is 11.8 Å². The van der Waals surface area contributed by atoms with E-state index in [0.717, 1.165) is 24.0 Å². The highest BCUT2D eigenvalue weighted by molar-refractivity contribution is 5.95. The smallest absolute Gasteiger partial charge is 0.274 e. The molecule has 3 N–H and O–H groups in total. The van der Waals surface area contributed by atoms with Gasteiger partial charge in [-0.3, -0.25) is 14.8 Å². The topological polar surface area (TPSA) is 87.7 Å². The molecular formula is C19H20N2O4. The molecule has 2 aromatic rings. The Hall–Kier alpha value is -2.86. The quantitative estimate of drug-likeness (QED) is 0.587. The average Bonchev–Trinajstić information content (AvgIpc) is 2.66. The number of hydroxylamine groups is 1. The van der Waals surface area contributed by atoms with Gasteiger partial charge in [0.1, 0.15) is 5.75 Å². The van der Waals surface area contributed by atoms with Gasteiger partial charge in [0.25, 0.3) is 11.8 Å². The van der Waals surface area contributed by atoms with E-state index in [4.69, 9.17) is 9.94 Å². The van der Waals surface area contributed by atoms with E-state index in [9.17, 15) is 9.59 Å². The number of fused-ring (bicyclic) bond motifs is 1. The van der Waals surface area contributed by atoms with Crippen LogP contribution in [0.1, 0.15) is 38.3 Å². The van der Waals surface area contributed by atoms with Crippen molar-refractivity contribution in [3.8, 4) is 5.75 Å². The van der Waals surface area contributed by atoms with Gasteiger partial charge >= 0.3 is 0 Å². The van der Waals surface area contributed by atoms with Crippen molar-refractivity contribution in [2.24, 2.45) is 0 Å². The van der Waals surface area contributed by atoms with Crippen LogP contribution in [0.3, 0.4) is 0 Å². The lowest BCUT2D eigenvalue weighted by atomic mass is 9.87. The molecule has 130 valence electrons. The van der Waals surface area contributed by atoms with E-state index in [2.05, 4.69) is 5.32 Å². The van der Waals surface area contributed by atoms with Crippen molar-refractivity contribution in [3.63, 3.8) is 0 Å². The molecule has 1 aliphatic carbocycles. The lowest BCUT2D eigenvalue weighted by Gasteiger charge is -2.26. The maximum Gasteiger partial charge on any atom is 0.274 e. The van der Waals surface area contributed by atoms with Crippen molar-refractivity contribution < 1.29 is 19.5 Å². The van der Waals surface area contributed by atoms with Crippen LogP contribution in [-0.4, -0.2) is 30.2 Å². The van der Waals surface area contributed by atoms with E-state index in [1.165, 1.54) is 0 Å². The molecule has 0 radical (unpaired) electrons. The third-order valence-corrected chi connectivity index (χ3v) is 4.47. The normalized spacial score (nSPS) is 15.8. The number of hydrogen-bond donors (Lipinski definition) is 3. The summed E-state index contributed by atoms with van der Waals surface area (Å²) in [4.78, 5) is 23.9. The van der Waals surface area contributed by atoms with Crippen molar-refractivity contribution in [2.75, 3.05) is 7.11 Å². The van der Waals surface area contributed by atoms with Gasteiger partial charge in [0.2, 0.25) is 0 Å². The second-order valence-electron chi connectivity index (χ2n) is 6.07. The lowest BCUT2D eigenvalue weighted by molar-refractivity contribution is 0.0706. The highest BCUT2D eigenvalue weighted by Gasteiger charge is 2.22. The molecule has 1 unspecified atom stereocenters. The monoisotopic (exact) mass is 340 g/mol. The Balaban J connectivity index is 1.68. The Morgan fingerprint density at radius 3 is 2.64 bits per heavy atom. The van der Waals surface area contributed by atoms with E-state index in [1.807, 2.05) is 6.07 Å². The Morgan fingerprint density at radius 2 is 1.88 bits per heavy atom. The number of rotatable bonds is 4. The molecule has 6 heteroatoms. The summed E-state index contributed by atoms with van der Waals surface area (Å²) in [5, 5.41) is 11.8. The number of aryl methyl sites for hydroxylation is 1. The molecule has 2 aromatic carbocycles. The summed E-state index contributed by atoms with van der Waals surface area (Å²) in [6, 6.07) is 12.5. The Morgan fingerprint density at radius 1 is 1.08 bits per heavy atom. The van der Waals surface area contributed by atoms with Crippen LogP contribution in [0.4, 0.5) is 0 Å². The van der Waals surface area contributed by atoms with Crippen LogP contribution < -0.4 is 15.5 Å². The summed E-state index contributed by atoms with van der Waals surface area (Å²) in [6.45, 7) is 0. The fourth-order valence-corrected chi connectivity index (χ4v) is 3.12. The number of methoxy groups -OCH3 is 1. The predicted molar refractivity (Wildman–Crippen MR) is 92.0 cm³/mol. The third kappa shape index (κ3) is 3.80. The molecule has 0 aromatic heterocycles. The number of amides is 2. The number of ether oxygens (including phenoxy) is 1. The van der Waals surface area contributed by atoms with E-state index >= 15 is 0 Å². The Bertz CT molecular complexity index is 804. The van der Waals surface area contributed by atoms with E-state index in [1.54, 1.807) is 49.0 Å². The standard InChI is InChI=1S/C19H20N2O4/c1-25-17-4-2-3-14(11-17)18(22)20-16-8-7-12-9-15(19(23)21-24)6-5-13(12)10-16/h2-6,9,11,16,24H,7-8,10H2,1H3,(H,20,22)(H,21,23). The van der Waals surface area contributed by atoms with Gasteiger partial charge in [-0.1, -0.05) is 12.1 Å². The maximum atomic E-state index is 12.4. The summed E-state index contributed by atoms with van der Waals surface area (Å²) in [7, 11) is 1.57. The van der Waals surface area contributed by atoms with Gasteiger partial charge in [0.05, 0.1) is 7.11 Å². The minimum absolute atomic E-state index is 0.0451. The number of benzene rings is 2. The number of carbonyl (C=O) groups excluding carboxylic acids is 2. The molecule has 0 saturated heterocycles. The minimum Gasteiger partial charge on any atom is -0.497 e. The van der Waals surface area contributed by atoms with Gasteiger partial charge in [-0.15, -0.1) is 0 Å². The summed E-state index contributed by atoms with van der Waals surface area (Å²) in [5.74, 6) is 0.0104. The molecule has 0 saturated carbocycles. The van der Waals surface area contributed by atoms with Crippen LogP contribution >= 0.6 is 0 Å². The SMILES string of the molecule is COc1cccc(C(=O)NC2CCc3cc(C(=O)NO)ccc3C2)c1. The van der Waals surface area contributed by atoms with Gasteiger partial charge in [0, 0.05) is 17.2 Å². The predicted octanol–water partition coefficient (Wildman–Crippen LogP) is 2.10. The number of nitrogens with one attached hydrogen (secondary N) is 2. The summed E-state index contributed by atoms with van der Waals surface area (Å²) >= 11 is 0. The van der Waals surface area contributed by atoms with Gasteiger partial charge in [-0.25, -0.2) is 5.48 Å². The molecule has 2 amide bonds. The molecule has 6 nitrogen and oxygen atoms in total. The van der Waals surface area contributed by atoms with Gasteiger partial charge in [0.15, 0.2) is 0 Å². The van der Waals surface area contributed by atoms with Gasteiger partial charge in [-0.05, 0) is 60.7 Å². The molecule has 3 rings (SSSR count). The van der Waals surface area contributed by atoms with Gasteiger partial charge in [-0.2, -0.15) is 0 Å². The first-order chi connectivity index (χ1) is 12.1. The highest BCUT2D eigenvalue weighted by atomic mass is 16.5. The fourth-order valence-electron chi connectivity index (χ4n) is 3.12. The molecule has 0 fully saturated rings. The van der Waals surface area contributed by atoms with Crippen molar-refractivity contribution in [2.45, 2.75) is 25.3 Å². The molecular weight excluding hydrogens is 320 g/mol. The Kier molecular flexibility index (Phi) is 5.00. The first kappa shape index (κ1) is 17.0. The van der Waals surface area contributed by atoms with Crippen LogP contribution in [0.5, 0.6) is 5.75 Å². The Labute approximate surface area is 145 Å². The number of hydrogen-bond acceptors (Lipinski definition) is 4. The number of carbonyl (C=O) groups is 2. The first-order valence-corrected chi connectivity index (χ1v) is 8.12. The molecule has 0 bridgehead atoms. The maximum absolute atomic E-state index is 12.4. The zero-order valence-corrected chi connectivity index (χ0v) is 13.9. The zero-order valence-electron chi connectivity index (χ0n) is 13.9. The molecule has 25 heavy (non-hydrogen) atoms. The van der Waals surface area contributed by atoms with Crippen LogP contribution in [0.25, 0.3) is 0 Å². The van der Waals surface area contributed by atoms with E-state index in [-0.39, 0.29) is 11.9 Å². The molecule has 1 atom stereocenters. The second-order valence-corrected chi connectivity index (χ2v) is 6.07. The van der Waals surface area contributed by atoms with Gasteiger partial charge < -0.3 is 10.1 Å². The molecule has 1 aliphatic rings. The van der Waals surface area contributed by atoms with Crippen LogP contribution in [-0.2, 0) is 12.8 Å². The van der Waals surface area contributed by atoms with E-state index < -0.39 is 5.91 Å².